The molecule has 2 aliphatic rings. The van der Waals surface area contributed by atoms with E-state index in [1.165, 1.54) is 29.5 Å². The summed E-state index contributed by atoms with van der Waals surface area (Å²) in [6, 6.07) is 4.52. The van der Waals surface area contributed by atoms with E-state index in [4.69, 9.17) is 0 Å². The summed E-state index contributed by atoms with van der Waals surface area (Å²) >= 11 is 0. The zero-order chi connectivity index (χ0) is 15.6. The quantitative estimate of drug-likeness (QED) is 0.626. The molecule has 1 fully saturated rings. The molecule has 0 aliphatic heterocycles. The molecule has 0 heterocycles. The molecule has 1 nitrogen and oxygen atoms in total. The minimum Gasteiger partial charge on any atom is -0.294 e. The Hall–Kier alpha value is -1.11. The number of rotatable bonds is 0. The minimum atomic E-state index is 0.0365. The van der Waals surface area contributed by atoms with Gasteiger partial charge in [0.15, 0.2) is 5.78 Å². The highest BCUT2D eigenvalue weighted by atomic mass is 16.1. The lowest BCUT2D eigenvalue weighted by molar-refractivity contribution is 0.0930. The molecule has 2 atom stereocenters. The number of Topliss-reactive ketones (excluding diaryl/α,β-unsaturated/α-hetero) is 1. The minimum absolute atomic E-state index is 0.0365. The third-order valence-electron chi connectivity index (χ3n) is 5.33. The number of benzene rings is 1. The highest BCUT2D eigenvalue weighted by molar-refractivity contribution is 6.05. The molecule has 1 aromatic carbocycles. The Morgan fingerprint density at radius 3 is 1.95 bits per heavy atom. The van der Waals surface area contributed by atoms with Gasteiger partial charge in [0.1, 0.15) is 0 Å². The van der Waals surface area contributed by atoms with Crippen LogP contribution in [0, 0.1) is 5.92 Å². The van der Waals surface area contributed by atoms with E-state index in [1.807, 2.05) is 0 Å². The summed E-state index contributed by atoms with van der Waals surface area (Å²) in [4.78, 5) is 13.0. The van der Waals surface area contributed by atoms with E-state index < -0.39 is 0 Å². The van der Waals surface area contributed by atoms with E-state index in [0.29, 0.717) is 11.7 Å². The van der Waals surface area contributed by atoms with Crippen LogP contribution in [0.1, 0.15) is 93.8 Å². The third-order valence-corrected chi connectivity index (χ3v) is 5.33. The summed E-state index contributed by atoms with van der Waals surface area (Å²) in [5.74, 6) is 1.19. The van der Waals surface area contributed by atoms with Gasteiger partial charge in [-0.05, 0) is 46.3 Å². The van der Waals surface area contributed by atoms with Gasteiger partial charge < -0.3 is 0 Å². The Balaban J connectivity index is 2.31. The average Bonchev–Trinajstić information content (AvgIpc) is 2.90. The maximum Gasteiger partial charge on any atom is 0.167 e. The van der Waals surface area contributed by atoms with Gasteiger partial charge in [-0.3, -0.25) is 4.79 Å². The van der Waals surface area contributed by atoms with Crippen molar-refractivity contribution in [3.63, 3.8) is 0 Å². The van der Waals surface area contributed by atoms with Crippen molar-refractivity contribution in [3.05, 3.63) is 34.4 Å². The Labute approximate surface area is 129 Å². The second kappa shape index (κ2) is 4.44. The van der Waals surface area contributed by atoms with Crippen LogP contribution in [0.5, 0.6) is 0 Å². The fraction of sp³-hybridized carbons (Fsp3) is 0.650. The van der Waals surface area contributed by atoms with Crippen molar-refractivity contribution in [1.29, 1.82) is 0 Å². The summed E-state index contributed by atoms with van der Waals surface area (Å²) in [6.45, 7) is 13.5. The SMILES string of the molecule is CC(C)(C)c1ccc(C(C)(C)C)c2c1C(=O)C1CCCC21. The van der Waals surface area contributed by atoms with Gasteiger partial charge >= 0.3 is 0 Å². The van der Waals surface area contributed by atoms with Crippen LogP contribution in [-0.2, 0) is 10.8 Å². The molecule has 0 N–H and O–H groups in total. The van der Waals surface area contributed by atoms with Crippen LogP contribution in [0.4, 0.5) is 0 Å². The van der Waals surface area contributed by atoms with Crippen LogP contribution in [0.2, 0.25) is 0 Å². The van der Waals surface area contributed by atoms with Crippen LogP contribution in [0.3, 0.4) is 0 Å². The molecule has 1 saturated carbocycles. The standard InChI is InChI=1S/C20H28O/c1-19(2,3)14-10-11-15(20(4,5)6)17-16(14)12-8-7-9-13(12)18(17)21/h10-13H,7-9H2,1-6H3. The number of hydrogen-bond donors (Lipinski definition) is 0. The van der Waals surface area contributed by atoms with E-state index in [0.717, 1.165) is 12.0 Å². The predicted octanol–water partition coefficient (Wildman–Crippen LogP) is 5.36. The first-order chi connectivity index (χ1) is 9.62. The van der Waals surface area contributed by atoms with Gasteiger partial charge in [-0.1, -0.05) is 60.1 Å². The van der Waals surface area contributed by atoms with Crippen molar-refractivity contribution in [3.8, 4) is 0 Å². The van der Waals surface area contributed by atoms with E-state index in [9.17, 15) is 4.79 Å². The second-order valence-electron chi connectivity index (χ2n) is 8.96. The van der Waals surface area contributed by atoms with E-state index >= 15 is 0 Å². The van der Waals surface area contributed by atoms with Crippen molar-refractivity contribution in [2.75, 3.05) is 0 Å². The Bertz CT molecular complexity index is 595. The smallest absolute Gasteiger partial charge is 0.167 e. The summed E-state index contributed by atoms with van der Waals surface area (Å²) in [6.07, 6.45) is 3.50. The van der Waals surface area contributed by atoms with E-state index in [1.54, 1.807) is 0 Å². The number of fused-ring (bicyclic) bond motifs is 3. The lowest BCUT2D eigenvalue weighted by Crippen LogP contribution is -2.20. The zero-order valence-corrected chi connectivity index (χ0v) is 14.3. The van der Waals surface area contributed by atoms with Crippen LogP contribution in [-0.4, -0.2) is 5.78 Å². The molecule has 1 heteroatoms. The largest absolute Gasteiger partial charge is 0.294 e. The van der Waals surface area contributed by atoms with Crippen LogP contribution in [0.25, 0.3) is 0 Å². The van der Waals surface area contributed by atoms with Crippen molar-refractivity contribution in [2.24, 2.45) is 5.92 Å². The number of carbonyl (C=O) groups excluding carboxylic acids is 1. The third kappa shape index (κ3) is 2.17. The van der Waals surface area contributed by atoms with Gasteiger partial charge in [-0.2, -0.15) is 0 Å². The van der Waals surface area contributed by atoms with E-state index in [-0.39, 0.29) is 16.7 Å². The maximum atomic E-state index is 13.0. The Kier molecular flexibility index (Phi) is 3.13. The molecular formula is C20H28O. The first-order valence-electron chi connectivity index (χ1n) is 8.34. The Morgan fingerprint density at radius 2 is 1.38 bits per heavy atom. The van der Waals surface area contributed by atoms with Crippen molar-refractivity contribution < 1.29 is 4.79 Å². The monoisotopic (exact) mass is 284 g/mol. The maximum absolute atomic E-state index is 13.0. The molecule has 0 aromatic heterocycles. The normalized spacial score (nSPS) is 25.1. The fourth-order valence-corrected chi connectivity index (χ4v) is 4.35. The molecule has 21 heavy (non-hydrogen) atoms. The molecule has 0 spiro atoms. The molecule has 1 aromatic rings. The lowest BCUT2D eigenvalue weighted by atomic mass is 9.75. The topological polar surface area (TPSA) is 17.1 Å². The summed E-state index contributed by atoms with van der Waals surface area (Å²) in [5.41, 5.74) is 5.29. The summed E-state index contributed by atoms with van der Waals surface area (Å²) in [5, 5.41) is 0. The van der Waals surface area contributed by atoms with Crippen molar-refractivity contribution >= 4 is 5.78 Å². The van der Waals surface area contributed by atoms with Crippen molar-refractivity contribution in [1.82, 2.24) is 0 Å². The molecule has 2 aliphatic carbocycles. The average molecular weight is 284 g/mol. The highest BCUT2D eigenvalue weighted by Crippen LogP contribution is 2.53. The van der Waals surface area contributed by atoms with Crippen LogP contribution >= 0.6 is 0 Å². The fourth-order valence-electron chi connectivity index (χ4n) is 4.35. The van der Waals surface area contributed by atoms with Gasteiger partial charge in [0, 0.05) is 11.5 Å². The van der Waals surface area contributed by atoms with Gasteiger partial charge in [-0.25, -0.2) is 0 Å². The lowest BCUT2D eigenvalue weighted by Gasteiger charge is -2.29. The molecule has 0 bridgehead atoms. The van der Waals surface area contributed by atoms with Gasteiger partial charge in [0.2, 0.25) is 0 Å². The molecule has 3 rings (SSSR count). The van der Waals surface area contributed by atoms with Gasteiger partial charge in [0.25, 0.3) is 0 Å². The predicted molar refractivity (Wildman–Crippen MR) is 88.3 cm³/mol. The molecule has 114 valence electrons. The van der Waals surface area contributed by atoms with Gasteiger partial charge in [-0.15, -0.1) is 0 Å². The van der Waals surface area contributed by atoms with Gasteiger partial charge in [0.05, 0.1) is 0 Å². The number of carbonyl (C=O) groups is 1. The molecule has 2 unspecified atom stereocenters. The van der Waals surface area contributed by atoms with Crippen LogP contribution < -0.4 is 0 Å². The number of hydrogen-bond acceptors (Lipinski definition) is 1. The molecule has 0 saturated heterocycles. The Morgan fingerprint density at radius 1 is 0.857 bits per heavy atom. The summed E-state index contributed by atoms with van der Waals surface area (Å²) in [7, 11) is 0. The first kappa shape index (κ1) is 14.8. The van der Waals surface area contributed by atoms with Crippen LogP contribution in [0.15, 0.2) is 12.1 Å². The molecular weight excluding hydrogens is 256 g/mol. The molecule has 0 amide bonds. The summed E-state index contributed by atoms with van der Waals surface area (Å²) < 4.78 is 0. The first-order valence-corrected chi connectivity index (χ1v) is 8.34. The number of ketones is 1. The zero-order valence-electron chi connectivity index (χ0n) is 14.3. The highest BCUT2D eigenvalue weighted by Gasteiger charge is 2.46. The molecule has 0 radical (unpaired) electrons. The van der Waals surface area contributed by atoms with Crippen molar-refractivity contribution in [2.45, 2.75) is 77.6 Å². The second-order valence-corrected chi connectivity index (χ2v) is 8.96. The van der Waals surface area contributed by atoms with E-state index in [2.05, 4.69) is 53.7 Å².